The number of para-hydroxylation sites is 1. The van der Waals surface area contributed by atoms with E-state index in [0.29, 0.717) is 18.2 Å². The number of rotatable bonds is 4. The molecule has 1 aromatic heterocycles. The average molecular weight is 345 g/mol. The zero-order valence-corrected chi connectivity index (χ0v) is 14.3. The third kappa shape index (κ3) is 3.57. The number of ether oxygens (including phenoxy) is 1. The molecule has 5 nitrogen and oxygen atoms in total. The number of amides is 1. The van der Waals surface area contributed by atoms with E-state index in [9.17, 15) is 4.79 Å². The van der Waals surface area contributed by atoms with Crippen molar-refractivity contribution >= 4 is 5.91 Å². The summed E-state index contributed by atoms with van der Waals surface area (Å²) in [5.74, 6) is 1.87. The van der Waals surface area contributed by atoms with Gasteiger partial charge in [-0.25, -0.2) is 4.98 Å². The van der Waals surface area contributed by atoms with Crippen LogP contribution < -0.4 is 4.74 Å². The first-order valence-electron chi connectivity index (χ1n) is 8.68. The van der Waals surface area contributed by atoms with Crippen LogP contribution in [0.25, 0.3) is 0 Å². The third-order valence-electron chi connectivity index (χ3n) is 4.57. The van der Waals surface area contributed by atoms with Crippen molar-refractivity contribution in [2.75, 3.05) is 13.1 Å². The molecular weight excluding hydrogens is 326 g/mol. The van der Waals surface area contributed by atoms with E-state index < -0.39 is 0 Å². The molecule has 1 atom stereocenters. The van der Waals surface area contributed by atoms with Crippen molar-refractivity contribution in [1.82, 2.24) is 14.9 Å². The second-order valence-corrected chi connectivity index (χ2v) is 6.32. The van der Waals surface area contributed by atoms with Crippen LogP contribution in [0.1, 0.15) is 28.4 Å². The monoisotopic (exact) mass is 345 g/mol. The van der Waals surface area contributed by atoms with Gasteiger partial charge in [-0.3, -0.25) is 9.78 Å². The summed E-state index contributed by atoms with van der Waals surface area (Å²) >= 11 is 0. The van der Waals surface area contributed by atoms with Crippen LogP contribution in [0.15, 0.2) is 73.2 Å². The van der Waals surface area contributed by atoms with Crippen LogP contribution in [-0.4, -0.2) is 33.9 Å². The fourth-order valence-electron chi connectivity index (χ4n) is 3.24. The van der Waals surface area contributed by atoms with Gasteiger partial charge in [-0.15, -0.1) is 0 Å². The highest BCUT2D eigenvalue weighted by Crippen LogP contribution is 2.31. The topological polar surface area (TPSA) is 55.3 Å². The van der Waals surface area contributed by atoms with Gasteiger partial charge in [0.25, 0.3) is 5.91 Å². The summed E-state index contributed by atoms with van der Waals surface area (Å²) in [6, 6.07) is 17.8. The maximum atomic E-state index is 12.5. The maximum absolute atomic E-state index is 12.5. The van der Waals surface area contributed by atoms with Crippen LogP contribution in [0.4, 0.5) is 0 Å². The van der Waals surface area contributed by atoms with Gasteiger partial charge < -0.3 is 9.64 Å². The highest BCUT2D eigenvalue weighted by Gasteiger charge is 2.28. The first-order chi connectivity index (χ1) is 12.8. The summed E-state index contributed by atoms with van der Waals surface area (Å²) in [7, 11) is 0. The van der Waals surface area contributed by atoms with Crippen LogP contribution in [0.5, 0.6) is 11.5 Å². The number of carbonyl (C=O) groups excluding carboxylic acids is 1. The lowest BCUT2D eigenvalue weighted by Gasteiger charge is -2.16. The van der Waals surface area contributed by atoms with E-state index in [2.05, 4.69) is 22.1 Å². The van der Waals surface area contributed by atoms with E-state index in [4.69, 9.17) is 4.74 Å². The molecule has 0 unspecified atom stereocenters. The number of likely N-dealkylation sites (tertiary alicyclic amines) is 1. The van der Waals surface area contributed by atoms with Crippen molar-refractivity contribution in [2.24, 2.45) is 0 Å². The molecule has 1 aliphatic rings. The van der Waals surface area contributed by atoms with Crippen molar-refractivity contribution in [1.29, 1.82) is 0 Å². The summed E-state index contributed by atoms with van der Waals surface area (Å²) in [4.78, 5) is 22.5. The molecule has 2 heterocycles. The summed E-state index contributed by atoms with van der Waals surface area (Å²) in [5.41, 5.74) is 1.59. The van der Waals surface area contributed by atoms with Crippen molar-refractivity contribution in [3.63, 3.8) is 0 Å². The Morgan fingerprint density at radius 3 is 2.69 bits per heavy atom. The van der Waals surface area contributed by atoms with Crippen molar-refractivity contribution in [3.8, 4) is 11.5 Å². The second-order valence-electron chi connectivity index (χ2n) is 6.32. The molecular formula is C21H19N3O2. The lowest BCUT2D eigenvalue weighted by molar-refractivity contribution is 0.0784. The molecule has 5 heteroatoms. The van der Waals surface area contributed by atoms with E-state index in [1.165, 1.54) is 11.8 Å². The Hall–Kier alpha value is -3.21. The Morgan fingerprint density at radius 1 is 1.04 bits per heavy atom. The number of hydrogen-bond donors (Lipinski definition) is 0. The zero-order chi connectivity index (χ0) is 17.8. The van der Waals surface area contributed by atoms with Gasteiger partial charge in [-0.05, 0) is 36.2 Å². The number of benzene rings is 2. The quantitative estimate of drug-likeness (QED) is 0.720. The Morgan fingerprint density at radius 2 is 1.88 bits per heavy atom. The van der Waals surface area contributed by atoms with E-state index in [0.717, 1.165) is 24.5 Å². The van der Waals surface area contributed by atoms with E-state index in [1.54, 1.807) is 12.4 Å². The van der Waals surface area contributed by atoms with Gasteiger partial charge in [-0.1, -0.05) is 30.3 Å². The van der Waals surface area contributed by atoms with E-state index in [-0.39, 0.29) is 5.91 Å². The standard InChI is InChI=1S/C21H19N3O2/c25-21(20-14-22-10-11-23-20)24-12-9-17(15-24)16-5-4-8-19(13-16)26-18-6-2-1-3-7-18/h1-8,10-11,13-14,17H,9,12,15H2/t17-/m1/s1. The van der Waals surface area contributed by atoms with Crippen LogP contribution in [0.3, 0.4) is 0 Å². The lowest BCUT2D eigenvalue weighted by atomic mass is 9.98. The minimum Gasteiger partial charge on any atom is -0.457 e. The Balaban J connectivity index is 1.45. The Kier molecular flexibility index (Phi) is 4.60. The van der Waals surface area contributed by atoms with Crippen molar-refractivity contribution in [3.05, 3.63) is 84.4 Å². The SMILES string of the molecule is O=C(c1cnccn1)N1CC[C@@H](c2cccc(Oc3ccccc3)c2)C1. The minimum absolute atomic E-state index is 0.0581. The minimum atomic E-state index is -0.0581. The smallest absolute Gasteiger partial charge is 0.274 e. The predicted octanol–water partition coefficient (Wildman–Crippen LogP) is 3.90. The molecule has 1 amide bonds. The van der Waals surface area contributed by atoms with Crippen LogP contribution in [0.2, 0.25) is 0 Å². The normalized spacial score (nSPS) is 16.5. The maximum Gasteiger partial charge on any atom is 0.274 e. The first-order valence-corrected chi connectivity index (χ1v) is 8.68. The van der Waals surface area contributed by atoms with E-state index in [1.807, 2.05) is 47.4 Å². The Bertz CT molecular complexity index is 884. The molecule has 4 rings (SSSR count). The summed E-state index contributed by atoms with van der Waals surface area (Å²) in [6.07, 6.45) is 5.57. The molecule has 2 aromatic carbocycles. The highest BCUT2D eigenvalue weighted by molar-refractivity contribution is 5.92. The molecule has 0 aliphatic carbocycles. The number of aromatic nitrogens is 2. The molecule has 26 heavy (non-hydrogen) atoms. The summed E-state index contributed by atoms with van der Waals surface area (Å²) in [6.45, 7) is 1.41. The van der Waals surface area contributed by atoms with Crippen molar-refractivity contribution < 1.29 is 9.53 Å². The lowest BCUT2D eigenvalue weighted by Crippen LogP contribution is -2.29. The van der Waals surface area contributed by atoms with E-state index >= 15 is 0 Å². The molecule has 0 spiro atoms. The molecule has 1 saturated heterocycles. The molecule has 0 saturated carbocycles. The fraction of sp³-hybridized carbons (Fsp3) is 0.190. The van der Waals surface area contributed by atoms with Crippen molar-refractivity contribution in [2.45, 2.75) is 12.3 Å². The van der Waals surface area contributed by atoms with Gasteiger partial charge >= 0.3 is 0 Å². The highest BCUT2D eigenvalue weighted by atomic mass is 16.5. The number of nitrogens with zero attached hydrogens (tertiary/aromatic N) is 3. The zero-order valence-electron chi connectivity index (χ0n) is 14.3. The van der Waals surface area contributed by atoms with Gasteiger partial charge in [0.15, 0.2) is 0 Å². The fourth-order valence-corrected chi connectivity index (χ4v) is 3.24. The largest absolute Gasteiger partial charge is 0.457 e. The molecule has 130 valence electrons. The van der Waals surface area contributed by atoms with Gasteiger partial charge in [0.1, 0.15) is 17.2 Å². The van der Waals surface area contributed by atoms with Gasteiger partial charge in [-0.2, -0.15) is 0 Å². The van der Waals surface area contributed by atoms with Gasteiger partial charge in [0.05, 0.1) is 6.20 Å². The molecule has 1 fully saturated rings. The number of carbonyl (C=O) groups is 1. The van der Waals surface area contributed by atoms with Crippen LogP contribution in [-0.2, 0) is 0 Å². The molecule has 0 N–H and O–H groups in total. The first kappa shape index (κ1) is 16.3. The molecule has 0 radical (unpaired) electrons. The van der Waals surface area contributed by atoms with Gasteiger partial charge in [0, 0.05) is 31.4 Å². The molecule has 1 aliphatic heterocycles. The number of hydrogen-bond acceptors (Lipinski definition) is 4. The average Bonchev–Trinajstić information content (AvgIpc) is 3.19. The van der Waals surface area contributed by atoms with Gasteiger partial charge in [0.2, 0.25) is 0 Å². The summed E-state index contributed by atoms with van der Waals surface area (Å²) in [5, 5.41) is 0. The third-order valence-corrected chi connectivity index (χ3v) is 4.57. The second kappa shape index (κ2) is 7.35. The van der Waals surface area contributed by atoms with Crippen LogP contribution in [0, 0.1) is 0 Å². The Labute approximate surface area is 152 Å². The summed E-state index contributed by atoms with van der Waals surface area (Å²) < 4.78 is 5.92. The predicted molar refractivity (Wildman–Crippen MR) is 98.3 cm³/mol. The molecule has 0 bridgehead atoms. The van der Waals surface area contributed by atoms with Crippen LogP contribution >= 0.6 is 0 Å². The molecule has 3 aromatic rings.